The average molecular weight is 678 g/mol. The Morgan fingerprint density at radius 3 is 2.34 bits per heavy atom. The summed E-state index contributed by atoms with van der Waals surface area (Å²) in [6.45, 7) is 4.69. The molecule has 50 heavy (non-hydrogen) atoms. The number of hydrogen-bond donors (Lipinski definition) is 5. The number of nitrogens with one attached hydrogen (secondary N) is 4. The molecule has 0 spiro atoms. The number of aromatic nitrogens is 5. The van der Waals surface area contributed by atoms with Crippen molar-refractivity contribution >= 4 is 23.3 Å². The molecule has 2 aromatic heterocycles. The van der Waals surface area contributed by atoms with Gasteiger partial charge in [-0.2, -0.15) is 5.21 Å². The molecule has 1 saturated heterocycles. The highest BCUT2D eigenvalue weighted by Gasteiger charge is 2.29. The van der Waals surface area contributed by atoms with Crippen LogP contribution in [0.25, 0.3) is 22.5 Å². The summed E-state index contributed by atoms with van der Waals surface area (Å²) < 4.78 is 0. The third-order valence-corrected chi connectivity index (χ3v) is 10.2. The molecule has 4 aromatic rings. The van der Waals surface area contributed by atoms with Crippen molar-refractivity contribution in [1.29, 1.82) is 0 Å². The Morgan fingerprint density at radius 2 is 1.68 bits per heavy atom. The van der Waals surface area contributed by atoms with Crippen LogP contribution in [0.2, 0.25) is 0 Å². The van der Waals surface area contributed by atoms with Gasteiger partial charge in [0.25, 0.3) is 0 Å². The number of aromatic amines is 1. The third-order valence-electron chi connectivity index (χ3n) is 10.2. The molecule has 2 atom stereocenters. The molecule has 2 fully saturated rings. The van der Waals surface area contributed by atoms with Crippen LogP contribution in [0.1, 0.15) is 73.1 Å². The number of Topliss-reactive ketones (excluding diaryl/α,β-unsaturated/α-hetero) is 1. The van der Waals surface area contributed by atoms with Gasteiger partial charge < -0.3 is 21.7 Å². The highest BCUT2D eigenvalue weighted by Crippen LogP contribution is 2.29. The van der Waals surface area contributed by atoms with Gasteiger partial charge in [0, 0.05) is 41.3 Å². The van der Waals surface area contributed by atoms with Crippen LogP contribution in [0.3, 0.4) is 0 Å². The summed E-state index contributed by atoms with van der Waals surface area (Å²) in [6, 6.07) is 18.1. The molecule has 0 bridgehead atoms. The number of H-pyrrole nitrogens is 1. The van der Waals surface area contributed by atoms with E-state index >= 15 is 0 Å². The minimum Gasteiger partial charge on any atom is -0.344 e. The summed E-state index contributed by atoms with van der Waals surface area (Å²) in [6.07, 6.45) is 7.35. The number of hydrogen-bond acceptors (Lipinski definition) is 9. The van der Waals surface area contributed by atoms with E-state index in [1.807, 2.05) is 43.3 Å². The zero-order valence-electron chi connectivity index (χ0n) is 28.7. The Morgan fingerprint density at radius 1 is 0.920 bits per heavy atom. The number of nitrogens with zero attached hydrogens (tertiary/aromatic N) is 4. The average Bonchev–Trinajstić information content (AvgIpc) is 3.88. The maximum Gasteiger partial charge on any atom is 0.247 e. The first-order valence-corrected chi connectivity index (χ1v) is 17.8. The molecule has 1 aliphatic heterocycles. The molecule has 2 aliphatic rings. The van der Waals surface area contributed by atoms with Gasteiger partial charge in [-0.3, -0.25) is 14.4 Å². The summed E-state index contributed by atoms with van der Waals surface area (Å²) in [7, 11) is 0. The van der Waals surface area contributed by atoms with Crippen molar-refractivity contribution < 1.29 is 14.4 Å². The summed E-state index contributed by atoms with van der Waals surface area (Å²) in [4.78, 5) is 44.6. The molecule has 6 rings (SSSR count). The van der Waals surface area contributed by atoms with E-state index in [0.717, 1.165) is 79.6 Å². The molecule has 1 aliphatic carbocycles. The van der Waals surface area contributed by atoms with Gasteiger partial charge in [0.15, 0.2) is 5.78 Å². The van der Waals surface area contributed by atoms with Gasteiger partial charge in [0.2, 0.25) is 17.6 Å². The molecular formula is C38H47N9O3. The fraction of sp³-hybridized carbons (Fsp3) is 0.447. The Kier molecular flexibility index (Phi) is 11.7. The van der Waals surface area contributed by atoms with E-state index in [2.05, 4.69) is 41.6 Å². The quantitative estimate of drug-likeness (QED) is 0.119. The van der Waals surface area contributed by atoms with Crippen molar-refractivity contribution in [1.82, 2.24) is 36.2 Å². The van der Waals surface area contributed by atoms with Crippen LogP contribution in [0, 0.1) is 24.7 Å². The first-order valence-electron chi connectivity index (χ1n) is 17.8. The molecule has 12 nitrogen and oxygen atoms in total. The fourth-order valence-corrected chi connectivity index (χ4v) is 7.09. The van der Waals surface area contributed by atoms with E-state index in [0.29, 0.717) is 48.4 Å². The number of tetrazole rings is 1. The van der Waals surface area contributed by atoms with Crippen LogP contribution in [0.4, 0.5) is 5.69 Å². The van der Waals surface area contributed by atoms with Crippen LogP contribution in [0.15, 0.2) is 60.7 Å². The number of carbonyl (C=O) groups excluding carboxylic acids is 3. The molecule has 2 aromatic carbocycles. The predicted octanol–water partition coefficient (Wildman–Crippen LogP) is 4.63. The molecular weight excluding hydrogens is 630 g/mol. The highest BCUT2D eigenvalue weighted by molar-refractivity contribution is 5.98. The standard InChI is InChI=1S/C38H47N9O3/c1-24-32(17-18-33(41-24)35(48)4-2-3-27-19-20-40-23-27)28-9-5-25(6-10-28)21-34(43-37(49)30-11-7-26(22-39)8-12-30)38(50)42-31-15-13-29(14-16-31)36-44-46-47-45-36/h5-6,9-10,13-18,26-27,30,34,40H,2-4,7-8,11-12,19-23,39H2,1H3,(H,42,50)(H,43,49)(H,44,45,46,47). The monoisotopic (exact) mass is 677 g/mol. The minimum absolute atomic E-state index is 0.0858. The zero-order valence-corrected chi connectivity index (χ0v) is 28.7. The lowest BCUT2D eigenvalue weighted by Crippen LogP contribution is -2.48. The number of benzene rings is 2. The number of pyridine rings is 1. The normalized spacial score (nSPS) is 19.5. The Balaban J connectivity index is 1.11. The van der Waals surface area contributed by atoms with Crippen LogP contribution in [-0.2, 0) is 16.0 Å². The van der Waals surface area contributed by atoms with Gasteiger partial charge in [-0.05, 0) is 130 Å². The van der Waals surface area contributed by atoms with E-state index in [1.165, 1.54) is 6.42 Å². The molecule has 12 heteroatoms. The maximum absolute atomic E-state index is 13.7. The molecule has 6 N–H and O–H groups in total. The highest BCUT2D eigenvalue weighted by atomic mass is 16.2. The SMILES string of the molecule is Cc1nc(C(=O)CCCC2CCNC2)ccc1-c1ccc(CC(NC(=O)C2CCC(CN)CC2)C(=O)Nc2ccc(-c3nn[nH]n3)cc2)cc1. The van der Waals surface area contributed by atoms with E-state index < -0.39 is 6.04 Å². The predicted molar refractivity (Wildman–Crippen MR) is 192 cm³/mol. The van der Waals surface area contributed by atoms with Crippen LogP contribution >= 0.6 is 0 Å². The summed E-state index contributed by atoms with van der Waals surface area (Å²) in [5.74, 6) is 1.13. The van der Waals surface area contributed by atoms with Gasteiger partial charge in [-0.15, -0.1) is 10.2 Å². The number of ketones is 1. The molecule has 262 valence electrons. The Hall–Kier alpha value is -4.81. The van der Waals surface area contributed by atoms with E-state index in [-0.39, 0.29) is 23.5 Å². The van der Waals surface area contributed by atoms with Crippen molar-refractivity contribution in [2.45, 2.75) is 70.8 Å². The van der Waals surface area contributed by atoms with Crippen LogP contribution in [0.5, 0.6) is 0 Å². The third kappa shape index (κ3) is 9.05. The van der Waals surface area contributed by atoms with Crippen molar-refractivity contribution in [2.24, 2.45) is 23.5 Å². The molecule has 2 unspecified atom stereocenters. The lowest BCUT2D eigenvalue weighted by Gasteiger charge is -2.28. The van der Waals surface area contributed by atoms with Gasteiger partial charge in [-0.1, -0.05) is 30.3 Å². The summed E-state index contributed by atoms with van der Waals surface area (Å²) in [5, 5.41) is 23.4. The first kappa shape index (κ1) is 35.0. The van der Waals surface area contributed by atoms with E-state index in [9.17, 15) is 14.4 Å². The second-order valence-electron chi connectivity index (χ2n) is 13.7. The second-order valence-corrected chi connectivity index (χ2v) is 13.7. The number of carbonyl (C=O) groups is 3. The first-order chi connectivity index (χ1) is 24.4. The lowest BCUT2D eigenvalue weighted by molar-refractivity contribution is -0.130. The van der Waals surface area contributed by atoms with E-state index in [4.69, 9.17) is 5.73 Å². The van der Waals surface area contributed by atoms with Crippen molar-refractivity contribution in [3.05, 3.63) is 77.6 Å². The van der Waals surface area contributed by atoms with E-state index in [1.54, 1.807) is 24.3 Å². The Bertz CT molecular complexity index is 1730. The fourth-order valence-electron chi connectivity index (χ4n) is 7.09. The summed E-state index contributed by atoms with van der Waals surface area (Å²) in [5.41, 5.74) is 11.3. The van der Waals surface area contributed by atoms with Crippen LogP contribution < -0.4 is 21.7 Å². The largest absolute Gasteiger partial charge is 0.344 e. The molecule has 2 amide bonds. The van der Waals surface area contributed by atoms with Gasteiger partial charge >= 0.3 is 0 Å². The lowest BCUT2D eigenvalue weighted by atomic mass is 9.81. The summed E-state index contributed by atoms with van der Waals surface area (Å²) >= 11 is 0. The second kappa shape index (κ2) is 16.7. The minimum atomic E-state index is -0.781. The number of anilines is 1. The number of nitrogens with two attached hydrogens (primary N) is 1. The number of amides is 2. The zero-order chi connectivity index (χ0) is 34.9. The van der Waals surface area contributed by atoms with Crippen molar-refractivity contribution in [2.75, 3.05) is 25.0 Å². The topological polar surface area (TPSA) is 181 Å². The van der Waals surface area contributed by atoms with Gasteiger partial charge in [-0.25, -0.2) is 4.98 Å². The molecule has 0 radical (unpaired) electrons. The molecule has 3 heterocycles. The van der Waals surface area contributed by atoms with Crippen molar-refractivity contribution in [3.63, 3.8) is 0 Å². The maximum atomic E-state index is 13.7. The molecule has 1 saturated carbocycles. The smallest absolute Gasteiger partial charge is 0.247 e. The Labute approximate surface area is 292 Å². The number of rotatable bonds is 14. The van der Waals surface area contributed by atoms with Gasteiger partial charge in [0.1, 0.15) is 11.7 Å². The van der Waals surface area contributed by atoms with Gasteiger partial charge in [0.05, 0.1) is 0 Å². The van der Waals surface area contributed by atoms with Crippen molar-refractivity contribution in [3.8, 4) is 22.5 Å². The van der Waals surface area contributed by atoms with Crippen LogP contribution in [-0.4, -0.2) is 68.9 Å². The number of aryl methyl sites for hydroxylation is 1.